The first-order valence-electron chi connectivity index (χ1n) is 5.25. The Kier molecular flexibility index (Phi) is 3.87. The highest BCUT2D eigenvalue weighted by molar-refractivity contribution is 7.98. The Labute approximate surface area is 118 Å². The third-order valence-corrected chi connectivity index (χ3v) is 3.06. The molecule has 2 aromatic rings. The second-order valence-electron chi connectivity index (χ2n) is 3.84. The number of tetrazole rings is 1. The number of hydrogen-bond donors (Lipinski definition) is 0. The summed E-state index contributed by atoms with van der Waals surface area (Å²) in [6.45, 7) is 0. The number of aromatic nitrogens is 4. The lowest BCUT2D eigenvalue weighted by Crippen LogP contribution is -2.13. The zero-order valence-electron chi connectivity index (χ0n) is 10.2. The van der Waals surface area contributed by atoms with Crippen LogP contribution in [0.4, 0.5) is 26.3 Å². The minimum Gasteiger partial charge on any atom is -0.187 e. The van der Waals surface area contributed by atoms with Gasteiger partial charge < -0.3 is 0 Å². The third kappa shape index (κ3) is 3.28. The van der Waals surface area contributed by atoms with Crippen LogP contribution in [-0.2, 0) is 12.4 Å². The predicted molar refractivity (Wildman–Crippen MR) is 60.9 cm³/mol. The Bertz CT molecular complexity index is 615. The highest BCUT2D eigenvalue weighted by Crippen LogP contribution is 2.37. The Balaban J connectivity index is 2.66. The topological polar surface area (TPSA) is 43.6 Å². The normalized spacial score (nSPS) is 12.7. The van der Waals surface area contributed by atoms with Crippen molar-refractivity contribution in [1.29, 1.82) is 0 Å². The van der Waals surface area contributed by atoms with Crippen molar-refractivity contribution in [3.8, 4) is 5.69 Å². The smallest absolute Gasteiger partial charge is 0.187 e. The van der Waals surface area contributed by atoms with Crippen LogP contribution in [0.15, 0.2) is 23.4 Å². The van der Waals surface area contributed by atoms with Crippen LogP contribution in [0.25, 0.3) is 5.69 Å². The number of nitrogens with zero attached hydrogens (tertiary/aromatic N) is 4. The lowest BCUT2D eigenvalue weighted by atomic mass is 10.1. The van der Waals surface area contributed by atoms with Gasteiger partial charge in [0.1, 0.15) is 0 Å². The molecule has 0 atom stereocenters. The second kappa shape index (κ2) is 5.20. The van der Waals surface area contributed by atoms with Crippen LogP contribution in [0.5, 0.6) is 0 Å². The summed E-state index contributed by atoms with van der Waals surface area (Å²) in [5.41, 5.74) is -3.25. The van der Waals surface area contributed by atoms with E-state index in [-0.39, 0.29) is 11.2 Å². The van der Waals surface area contributed by atoms with Crippen LogP contribution in [0, 0.1) is 0 Å². The van der Waals surface area contributed by atoms with Gasteiger partial charge in [0.15, 0.2) is 0 Å². The van der Waals surface area contributed by atoms with E-state index in [9.17, 15) is 26.3 Å². The van der Waals surface area contributed by atoms with Gasteiger partial charge in [-0.1, -0.05) is 11.8 Å². The van der Waals surface area contributed by atoms with Crippen LogP contribution in [-0.4, -0.2) is 26.5 Å². The van der Waals surface area contributed by atoms with Gasteiger partial charge in [-0.15, -0.1) is 5.10 Å². The highest BCUT2D eigenvalue weighted by atomic mass is 32.2. The molecule has 1 aromatic heterocycles. The lowest BCUT2D eigenvalue weighted by molar-refractivity contribution is -0.143. The van der Waals surface area contributed by atoms with Crippen LogP contribution < -0.4 is 0 Å². The predicted octanol–water partition coefficient (Wildman–Crippen LogP) is 3.42. The summed E-state index contributed by atoms with van der Waals surface area (Å²) in [5, 5.41) is 10.2. The van der Waals surface area contributed by atoms with Gasteiger partial charge in [-0.3, -0.25) is 0 Å². The maximum Gasteiger partial charge on any atom is 0.416 e. The molecule has 114 valence electrons. The van der Waals surface area contributed by atoms with E-state index in [1.165, 1.54) is 0 Å². The fourth-order valence-electron chi connectivity index (χ4n) is 1.53. The summed E-state index contributed by atoms with van der Waals surface area (Å²) in [4.78, 5) is 0. The molecule has 0 fully saturated rings. The average Bonchev–Trinajstić information content (AvgIpc) is 2.84. The van der Waals surface area contributed by atoms with Gasteiger partial charge in [0.25, 0.3) is 0 Å². The molecule has 0 saturated heterocycles. The Hall–Kier alpha value is -1.78. The molecule has 4 nitrogen and oxygen atoms in total. The van der Waals surface area contributed by atoms with Crippen molar-refractivity contribution in [1.82, 2.24) is 20.2 Å². The summed E-state index contributed by atoms with van der Waals surface area (Å²) in [7, 11) is 0. The van der Waals surface area contributed by atoms with E-state index in [0.29, 0.717) is 12.1 Å². The van der Waals surface area contributed by atoms with E-state index in [4.69, 9.17) is 0 Å². The van der Waals surface area contributed by atoms with Gasteiger partial charge in [-0.2, -0.15) is 31.0 Å². The first kappa shape index (κ1) is 15.6. The van der Waals surface area contributed by atoms with Crippen LogP contribution >= 0.6 is 11.8 Å². The zero-order valence-corrected chi connectivity index (χ0v) is 11.0. The molecule has 0 radical (unpaired) electrons. The van der Waals surface area contributed by atoms with E-state index >= 15 is 0 Å². The van der Waals surface area contributed by atoms with Crippen LogP contribution in [0.1, 0.15) is 11.1 Å². The standard InChI is InChI=1S/C10H6F6N4S/c1-21-8-17-18-19-20(8)7-3-5(9(11,12)13)2-6(4-7)10(14,15)16/h2-4H,1H3. The van der Waals surface area contributed by atoms with Crippen molar-refractivity contribution >= 4 is 11.8 Å². The van der Waals surface area contributed by atoms with E-state index in [2.05, 4.69) is 15.5 Å². The van der Waals surface area contributed by atoms with Crippen molar-refractivity contribution in [3.05, 3.63) is 29.3 Å². The fourth-order valence-corrected chi connectivity index (χ4v) is 1.96. The molecule has 0 aliphatic carbocycles. The number of rotatable bonds is 2. The van der Waals surface area contributed by atoms with E-state index in [1.807, 2.05) is 0 Å². The molecule has 0 aliphatic rings. The number of hydrogen-bond acceptors (Lipinski definition) is 4. The van der Waals surface area contributed by atoms with Crippen LogP contribution in [0.3, 0.4) is 0 Å². The molecule has 1 aromatic carbocycles. The Morgan fingerprint density at radius 1 is 0.952 bits per heavy atom. The molecule has 21 heavy (non-hydrogen) atoms. The first-order chi connectivity index (χ1) is 9.63. The molecular weight excluding hydrogens is 322 g/mol. The molecule has 0 unspecified atom stereocenters. The summed E-state index contributed by atoms with van der Waals surface area (Å²) in [5.74, 6) is 0. The van der Waals surface area contributed by atoms with Crippen molar-refractivity contribution in [2.24, 2.45) is 0 Å². The summed E-state index contributed by atoms with van der Waals surface area (Å²) in [6, 6.07) is 1.17. The van der Waals surface area contributed by atoms with Gasteiger partial charge in [-0.05, 0) is 34.9 Å². The minimum absolute atomic E-state index is 0.0482. The minimum atomic E-state index is -4.91. The summed E-state index contributed by atoms with van der Waals surface area (Å²) < 4.78 is 77.2. The highest BCUT2D eigenvalue weighted by Gasteiger charge is 2.37. The third-order valence-electron chi connectivity index (χ3n) is 2.44. The largest absolute Gasteiger partial charge is 0.416 e. The maximum absolute atomic E-state index is 12.7. The Morgan fingerprint density at radius 2 is 1.48 bits per heavy atom. The van der Waals surface area contributed by atoms with Crippen molar-refractivity contribution < 1.29 is 26.3 Å². The molecule has 0 aliphatic heterocycles. The molecule has 0 N–H and O–H groups in total. The SMILES string of the molecule is CSc1nnnn1-c1cc(C(F)(F)F)cc(C(F)(F)F)c1. The molecule has 0 bridgehead atoms. The van der Waals surface area contributed by atoms with E-state index < -0.39 is 29.2 Å². The maximum atomic E-state index is 12.7. The molecule has 0 amide bonds. The number of alkyl halides is 6. The zero-order chi connectivity index (χ0) is 15.8. The molecule has 11 heteroatoms. The quantitative estimate of drug-likeness (QED) is 0.626. The summed E-state index contributed by atoms with van der Waals surface area (Å²) in [6.07, 6.45) is -8.28. The van der Waals surface area contributed by atoms with Gasteiger partial charge >= 0.3 is 12.4 Å². The van der Waals surface area contributed by atoms with Crippen molar-refractivity contribution in [2.45, 2.75) is 17.5 Å². The van der Waals surface area contributed by atoms with Gasteiger partial charge in [0.05, 0.1) is 16.8 Å². The monoisotopic (exact) mass is 328 g/mol. The van der Waals surface area contributed by atoms with Crippen LogP contribution in [0.2, 0.25) is 0 Å². The molecule has 1 heterocycles. The number of thioether (sulfide) groups is 1. The first-order valence-corrected chi connectivity index (χ1v) is 6.47. The molecule has 0 saturated carbocycles. The van der Waals surface area contributed by atoms with Gasteiger partial charge in [0, 0.05) is 0 Å². The summed E-state index contributed by atoms with van der Waals surface area (Å²) >= 11 is 0.988. The lowest BCUT2D eigenvalue weighted by Gasteiger charge is -2.14. The Morgan fingerprint density at radius 3 is 1.90 bits per heavy atom. The van der Waals surface area contributed by atoms with Crippen molar-refractivity contribution in [3.63, 3.8) is 0 Å². The number of benzene rings is 1. The molecule has 0 spiro atoms. The van der Waals surface area contributed by atoms with E-state index in [1.54, 1.807) is 6.26 Å². The molecule has 2 rings (SSSR count). The second-order valence-corrected chi connectivity index (χ2v) is 4.61. The van der Waals surface area contributed by atoms with Crippen molar-refractivity contribution in [2.75, 3.05) is 6.26 Å². The fraction of sp³-hybridized carbons (Fsp3) is 0.300. The van der Waals surface area contributed by atoms with Gasteiger partial charge in [0.2, 0.25) is 5.16 Å². The van der Waals surface area contributed by atoms with E-state index in [0.717, 1.165) is 16.4 Å². The van der Waals surface area contributed by atoms with Gasteiger partial charge in [-0.25, -0.2) is 0 Å². The average molecular weight is 328 g/mol. The number of halogens is 6. The molecular formula is C10H6F6N4S.